The Morgan fingerprint density at radius 1 is 1.26 bits per heavy atom. The molecule has 2 aliphatic heterocycles. The number of pyridine rings is 1. The molecule has 150 valence electrons. The molecule has 2 N–H and O–H groups in total. The van der Waals surface area contributed by atoms with Crippen LogP contribution in [0.15, 0.2) is 18.3 Å². The summed E-state index contributed by atoms with van der Waals surface area (Å²) in [5.74, 6) is 1.75. The van der Waals surface area contributed by atoms with Gasteiger partial charge < -0.3 is 25.2 Å². The third kappa shape index (κ3) is 6.66. The predicted molar refractivity (Wildman–Crippen MR) is 108 cm³/mol. The minimum Gasteiger partial charge on any atom is -0.378 e. The SMILES string of the molecule is C[C@H]1CCCN(CCCCNC(=O)Nc2ccc(N3CCOCC3)nc2)C1. The second-order valence-corrected chi connectivity index (χ2v) is 7.64. The standard InChI is InChI=1S/C20H33N5O2/c1-17-5-4-10-24(16-17)9-3-2-8-21-20(26)23-18-6-7-19(22-15-18)25-11-13-27-14-12-25/h6-7,15,17H,2-5,8-14,16H2,1H3,(H2,21,23,26)/t17-/m0/s1. The van der Waals surface area contributed by atoms with Crippen molar-refractivity contribution in [1.29, 1.82) is 0 Å². The Labute approximate surface area is 162 Å². The van der Waals surface area contributed by atoms with Crippen LogP contribution in [0.5, 0.6) is 0 Å². The summed E-state index contributed by atoms with van der Waals surface area (Å²) in [6.07, 6.45) is 6.53. The van der Waals surface area contributed by atoms with Crippen LogP contribution in [0.1, 0.15) is 32.6 Å². The van der Waals surface area contributed by atoms with E-state index in [0.29, 0.717) is 12.2 Å². The molecule has 1 atom stereocenters. The van der Waals surface area contributed by atoms with Gasteiger partial charge in [0.1, 0.15) is 5.82 Å². The van der Waals surface area contributed by atoms with Crippen LogP contribution in [0.3, 0.4) is 0 Å². The van der Waals surface area contributed by atoms with Crippen molar-refractivity contribution in [3.05, 3.63) is 18.3 Å². The zero-order valence-corrected chi connectivity index (χ0v) is 16.5. The Morgan fingerprint density at radius 2 is 2.11 bits per heavy atom. The minimum absolute atomic E-state index is 0.164. The monoisotopic (exact) mass is 375 g/mol. The molecule has 2 amide bonds. The van der Waals surface area contributed by atoms with Gasteiger partial charge in [0, 0.05) is 26.2 Å². The maximum absolute atomic E-state index is 12.0. The van der Waals surface area contributed by atoms with Gasteiger partial charge in [0.25, 0.3) is 0 Å². The number of nitrogens with zero attached hydrogens (tertiary/aromatic N) is 3. The predicted octanol–water partition coefficient (Wildman–Crippen LogP) is 2.55. The van der Waals surface area contributed by atoms with Gasteiger partial charge in [-0.1, -0.05) is 6.92 Å². The second kappa shape index (κ2) is 10.5. The van der Waals surface area contributed by atoms with Crippen molar-refractivity contribution in [2.45, 2.75) is 32.6 Å². The molecular formula is C20H33N5O2. The van der Waals surface area contributed by atoms with Gasteiger partial charge in [0.2, 0.25) is 0 Å². The van der Waals surface area contributed by atoms with E-state index in [9.17, 15) is 4.79 Å². The summed E-state index contributed by atoms with van der Waals surface area (Å²) in [7, 11) is 0. The molecule has 1 aromatic rings. The number of hydrogen-bond acceptors (Lipinski definition) is 5. The van der Waals surface area contributed by atoms with Gasteiger partial charge in [0.15, 0.2) is 0 Å². The third-order valence-electron chi connectivity index (χ3n) is 5.27. The van der Waals surface area contributed by atoms with Crippen molar-refractivity contribution < 1.29 is 9.53 Å². The van der Waals surface area contributed by atoms with E-state index in [4.69, 9.17) is 4.74 Å². The molecule has 2 aliphatic rings. The Kier molecular flexibility index (Phi) is 7.71. The summed E-state index contributed by atoms with van der Waals surface area (Å²) < 4.78 is 5.35. The van der Waals surface area contributed by atoms with E-state index in [2.05, 4.69) is 32.3 Å². The Hall–Kier alpha value is -1.86. The number of aromatic nitrogens is 1. The number of unbranched alkanes of at least 4 members (excludes halogenated alkanes) is 1. The molecule has 27 heavy (non-hydrogen) atoms. The van der Waals surface area contributed by atoms with Crippen LogP contribution in [-0.4, -0.2) is 68.4 Å². The number of ether oxygens (including phenoxy) is 1. The van der Waals surface area contributed by atoms with Crippen LogP contribution >= 0.6 is 0 Å². The molecule has 0 spiro atoms. The van der Waals surface area contributed by atoms with Crippen molar-refractivity contribution in [1.82, 2.24) is 15.2 Å². The molecule has 0 radical (unpaired) electrons. The fourth-order valence-corrected chi connectivity index (χ4v) is 3.77. The van der Waals surface area contributed by atoms with Crippen molar-refractivity contribution in [3.8, 4) is 0 Å². The number of piperidine rings is 1. The van der Waals surface area contributed by atoms with E-state index < -0.39 is 0 Å². The van der Waals surface area contributed by atoms with E-state index in [1.807, 2.05) is 12.1 Å². The summed E-state index contributed by atoms with van der Waals surface area (Å²) in [5, 5.41) is 5.78. The molecule has 1 aromatic heterocycles. The van der Waals surface area contributed by atoms with E-state index in [1.165, 1.54) is 25.9 Å². The van der Waals surface area contributed by atoms with Crippen molar-refractivity contribution in [3.63, 3.8) is 0 Å². The summed E-state index contributed by atoms with van der Waals surface area (Å²) in [6, 6.07) is 3.68. The van der Waals surface area contributed by atoms with Crippen LogP contribution in [0, 0.1) is 5.92 Å². The lowest BCUT2D eigenvalue weighted by Crippen LogP contribution is -2.36. The molecule has 0 saturated carbocycles. The first-order valence-electron chi connectivity index (χ1n) is 10.3. The lowest BCUT2D eigenvalue weighted by atomic mass is 10.0. The maximum atomic E-state index is 12.0. The van der Waals surface area contributed by atoms with Crippen LogP contribution in [0.2, 0.25) is 0 Å². The first-order valence-corrected chi connectivity index (χ1v) is 10.3. The number of likely N-dealkylation sites (tertiary alicyclic amines) is 1. The minimum atomic E-state index is -0.164. The van der Waals surface area contributed by atoms with Crippen molar-refractivity contribution in [2.24, 2.45) is 5.92 Å². The molecule has 3 rings (SSSR count). The van der Waals surface area contributed by atoms with E-state index >= 15 is 0 Å². The average molecular weight is 376 g/mol. The Morgan fingerprint density at radius 3 is 2.85 bits per heavy atom. The highest BCUT2D eigenvalue weighted by Gasteiger charge is 2.15. The number of hydrogen-bond donors (Lipinski definition) is 2. The fourth-order valence-electron chi connectivity index (χ4n) is 3.77. The first-order chi connectivity index (χ1) is 13.2. The van der Waals surface area contributed by atoms with Gasteiger partial charge >= 0.3 is 6.03 Å². The van der Waals surface area contributed by atoms with Crippen molar-refractivity contribution >= 4 is 17.5 Å². The smallest absolute Gasteiger partial charge is 0.319 e. The quantitative estimate of drug-likeness (QED) is 0.717. The summed E-state index contributed by atoms with van der Waals surface area (Å²) in [5.41, 5.74) is 0.715. The number of anilines is 2. The molecule has 7 nitrogen and oxygen atoms in total. The molecule has 7 heteroatoms. The number of carbonyl (C=O) groups excluding carboxylic acids is 1. The van der Waals surface area contributed by atoms with Crippen LogP contribution < -0.4 is 15.5 Å². The first kappa shape index (κ1) is 19.9. The number of amides is 2. The number of carbonyl (C=O) groups is 1. The average Bonchev–Trinajstić information content (AvgIpc) is 2.69. The third-order valence-corrected chi connectivity index (χ3v) is 5.27. The van der Waals surface area contributed by atoms with Gasteiger partial charge in [-0.2, -0.15) is 0 Å². The number of nitrogens with one attached hydrogen (secondary N) is 2. The van der Waals surface area contributed by atoms with E-state index in [0.717, 1.165) is 57.4 Å². The van der Waals surface area contributed by atoms with Gasteiger partial charge in [-0.15, -0.1) is 0 Å². The second-order valence-electron chi connectivity index (χ2n) is 7.64. The van der Waals surface area contributed by atoms with Gasteiger partial charge in [-0.3, -0.25) is 0 Å². The highest BCUT2D eigenvalue weighted by atomic mass is 16.5. The highest BCUT2D eigenvalue weighted by molar-refractivity contribution is 5.89. The van der Waals surface area contributed by atoms with E-state index in [1.54, 1.807) is 6.20 Å². The molecule has 3 heterocycles. The van der Waals surface area contributed by atoms with Gasteiger partial charge in [-0.05, 0) is 56.8 Å². The normalized spacial score (nSPS) is 21.1. The molecule has 2 saturated heterocycles. The molecule has 0 aromatic carbocycles. The maximum Gasteiger partial charge on any atom is 0.319 e. The molecular weight excluding hydrogens is 342 g/mol. The Balaban J connectivity index is 1.29. The fraction of sp³-hybridized carbons (Fsp3) is 0.700. The van der Waals surface area contributed by atoms with Crippen LogP contribution in [0.25, 0.3) is 0 Å². The Bertz CT molecular complexity index is 574. The number of urea groups is 1. The van der Waals surface area contributed by atoms with Crippen LogP contribution in [-0.2, 0) is 4.74 Å². The lowest BCUT2D eigenvalue weighted by molar-refractivity contribution is 0.122. The molecule has 0 unspecified atom stereocenters. The lowest BCUT2D eigenvalue weighted by Gasteiger charge is -2.30. The topological polar surface area (TPSA) is 69.7 Å². The summed E-state index contributed by atoms with van der Waals surface area (Å²) >= 11 is 0. The number of morpholine rings is 1. The summed E-state index contributed by atoms with van der Waals surface area (Å²) in [4.78, 5) is 21.2. The molecule has 0 bridgehead atoms. The molecule has 2 fully saturated rings. The van der Waals surface area contributed by atoms with Crippen molar-refractivity contribution in [2.75, 3.05) is 62.7 Å². The molecule has 0 aliphatic carbocycles. The van der Waals surface area contributed by atoms with Gasteiger partial charge in [0.05, 0.1) is 25.1 Å². The largest absolute Gasteiger partial charge is 0.378 e. The van der Waals surface area contributed by atoms with Crippen LogP contribution in [0.4, 0.5) is 16.3 Å². The summed E-state index contributed by atoms with van der Waals surface area (Å²) in [6.45, 7) is 9.82. The highest BCUT2D eigenvalue weighted by Crippen LogP contribution is 2.16. The zero-order valence-electron chi connectivity index (χ0n) is 16.5. The van der Waals surface area contributed by atoms with Gasteiger partial charge in [-0.25, -0.2) is 9.78 Å². The van der Waals surface area contributed by atoms with E-state index in [-0.39, 0.29) is 6.03 Å². The number of rotatable bonds is 7. The zero-order chi connectivity index (χ0) is 18.9.